The average Bonchev–Trinajstić information content (AvgIpc) is 2.98. The van der Waals surface area contributed by atoms with E-state index in [1.54, 1.807) is 5.51 Å². The molecule has 0 radical (unpaired) electrons. The van der Waals surface area contributed by atoms with Gasteiger partial charge in [0.2, 0.25) is 11.0 Å². The van der Waals surface area contributed by atoms with Crippen LogP contribution >= 0.6 is 27.3 Å². The van der Waals surface area contributed by atoms with Crippen LogP contribution in [0.4, 0.5) is 5.13 Å². The van der Waals surface area contributed by atoms with Gasteiger partial charge in [0.05, 0.1) is 5.41 Å². The molecule has 0 fully saturated rings. The molecule has 1 aromatic heterocycles. The molecule has 0 aliphatic carbocycles. The van der Waals surface area contributed by atoms with E-state index >= 15 is 0 Å². The highest BCUT2D eigenvalue weighted by Crippen LogP contribution is 2.41. The molecule has 1 atom stereocenters. The van der Waals surface area contributed by atoms with E-state index in [4.69, 9.17) is 0 Å². The van der Waals surface area contributed by atoms with Gasteiger partial charge in [-0.25, -0.2) is 0 Å². The second-order valence-electron chi connectivity index (χ2n) is 6.65. The summed E-state index contributed by atoms with van der Waals surface area (Å²) >= 11 is 4.80. The van der Waals surface area contributed by atoms with Crippen LogP contribution in [0, 0.1) is 11.3 Å². The Bertz CT molecular complexity index is 638. The van der Waals surface area contributed by atoms with E-state index in [-0.39, 0.29) is 11.8 Å². The second kappa shape index (κ2) is 7.53. The third-order valence-electron chi connectivity index (χ3n) is 4.02. The zero-order chi connectivity index (χ0) is 17.0. The summed E-state index contributed by atoms with van der Waals surface area (Å²) in [6.07, 6.45) is 0.943. The SMILES string of the molecule is CC(C)CC(c1ccc(Br)cc1)C(C)(C)C(=O)Nc1nncs1. The average molecular weight is 396 g/mol. The Morgan fingerprint density at radius 1 is 1.30 bits per heavy atom. The Morgan fingerprint density at radius 2 is 1.96 bits per heavy atom. The predicted molar refractivity (Wildman–Crippen MR) is 98.7 cm³/mol. The lowest BCUT2D eigenvalue weighted by Crippen LogP contribution is -2.37. The Balaban J connectivity index is 2.28. The molecule has 0 aliphatic heterocycles. The lowest BCUT2D eigenvalue weighted by molar-refractivity contribution is -0.125. The number of carbonyl (C=O) groups excluding carboxylic acids is 1. The van der Waals surface area contributed by atoms with Gasteiger partial charge in [0.25, 0.3) is 0 Å². The molecular formula is C17H22BrN3OS. The van der Waals surface area contributed by atoms with Gasteiger partial charge in [-0.1, -0.05) is 67.1 Å². The van der Waals surface area contributed by atoms with Crippen molar-refractivity contribution in [2.24, 2.45) is 11.3 Å². The van der Waals surface area contributed by atoms with Crippen molar-refractivity contribution in [1.82, 2.24) is 10.2 Å². The first-order valence-corrected chi connectivity index (χ1v) is 9.31. The van der Waals surface area contributed by atoms with Crippen molar-refractivity contribution in [3.05, 3.63) is 39.8 Å². The van der Waals surface area contributed by atoms with Crippen LogP contribution in [0.5, 0.6) is 0 Å². The molecule has 1 aromatic carbocycles. The summed E-state index contributed by atoms with van der Waals surface area (Å²) in [5.41, 5.74) is 2.24. The molecule has 4 nitrogen and oxygen atoms in total. The number of amides is 1. The molecule has 0 bridgehead atoms. The van der Waals surface area contributed by atoms with Crippen molar-refractivity contribution in [3.8, 4) is 0 Å². The van der Waals surface area contributed by atoms with E-state index in [2.05, 4.69) is 57.4 Å². The summed E-state index contributed by atoms with van der Waals surface area (Å²) in [6, 6.07) is 8.25. The van der Waals surface area contributed by atoms with Crippen molar-refractivity contribution in [3.63, 3.8) is 0 Å². The van der Waals surface area contributed by atoms with Crippen molar-refractivity contribution in [2.75, 3.05) is 5.32 Å². The van der Waals surface area contributed by atoms with Crippen LogP contribution in [0.2, 0.25) is 0 Å². The highest BCUT2D eigenvalue weighted by molar-refractivity contribution is 9.10. The monoisotopic (exact) mass is 395 g/mol. The van der Waals surface area contributed by atoms with E-state index in [1.165, 1.54) is 16.9 Å². The van der Waals surface area contributed by atoms with Gasteiger partial charge in [-0.05, 0) is 36.0 Å². The summed E-state index contributed by atoms with van der Waals surface area (Å²) < 4.78 is 1.04. The molecule has 1 N–H and O–H groups in total. The van der Waals surface area contributed by atoms with Gasteiger partial charge in [-0.15, -0.1) is 10.2 Å². The largest absolute Gasteiger partial charge is 0.300 e. The third-order valence-corrected chi connectivity index (χ3v) is 5.15. The maximum absolute atomic E-state index is 12.8. The highest BCUT2D eigenvalue weighted by Gasteiger charge is 2.38. The van der Waals surface area contributed by atoms with Crippen molar-refractivity contribution in [2.45, 2.75) is 40.0 Å². The fourth-order valence-corrected chi connectivity index (χ4v) is 3.36. The number of hydrogen-bond donors (Lipinski definition) is 1. The number of nitrogens with zero attached hydrogens (tertiary/aromatic N) is 2. The van der Waals surface area contributed by atoms with E-state index < -0.39 is 5.41 Å². The van der Waals surface area contributed by atoms with Crippen LogP contribution in [-0.4, -0.2) is 16.1 Å². The Morgan fingerprint density at radius 3 is 2.48 bits per heavy atom. The minimum absolute atomic E-state index is 0.0252. The number of anilines is 1. The first-order chi connectivity index (χ1) is 10.8. The molecule has 124 valence electrons. The Hall–Kier alpha value is -1.27. The lowest BCUT2D eigenvalue weighted by atomic mass is 9.70. The Labute approximate surface area is 149 Å². The van der Waals surface area contributed by atoms with Crippen LogP contribution < -0.4 is 5.32 Å². The number of carbonyl (C=O) groups is 1. The van der Waals surface area contributed by atoms with Gasteiger partial charge in [0, 0.05) is 4.47 Å². The van der Waals surface area contributed by atoms with Crippen molar-refractivity contribution in [1.29, 1.82) is 0 Å². The smallest absolute Gasteiger partial charge is 0.232 e. The minimum Gasteiger partial charge on any atom is -0.300 e. The number of benzene rings is 1. The first-order valence-electron chi connectivity index (χ1n) is 7.63. The molecule has 2 rings (SSSR count). The summed E-state index contributed by atoms with van der Waals surface area (Å²) in [5.74, 6) is 0.601. The number of rotatable bonds is 6. The quantitative estimate of drug-likeness (QED) is 0.740. The third kappa shape index (κ3) is 4.61. The summed E-state index contributed by atoms with van der Waals surface area (Å²) in [5, 5.41) is 11.1. The predicted octanol–water partition coefficient (Wildman–Crippen LogP) is 5.10. The van der Waals surface area contributed by atoms with Crippen LogP contribution in [0.3, 0.4) is 0 Å². The van der Waals surface area contributed by atoms with E-state index in [9.17, 15) is 4.79 Å². The number of aromatic nitrogens is 2. The van der Waals surface area contributed by atoms with E-state index in [0.29, 0.717) is 11.0 Å². The maximum Gasteiger partial charge on any atom is 0.232 e. The molecular weight excluding hydrogens is 374 g/mol. The molecule has 1 unspecified atom stereocenters. The van der Waals surface area contributed by atoms with E-state index in [0.717, 1.165) is 10.9 Å². The number of halogens is 1. The van der Waals surface area contributed by atoms with Crippen LogP contribution in [0.25, 0.3) is 0 Å². The molecule has 23 heavy (non-hydrogen) atoms. The van der Waals surface area contributed by atoms with Gasteiger partial charge >= 0.3 is 0 Å². The fraction of sp³-hybridized carbons (Fsp3) is 0.471. The van der Waals surface area contributed by atoms with Crippen molar-refractivity contribution >= 4 is 38.3 Å². The van der Waals surface area contributed by atoms with Crippen LogP contribution in [-0.2, 0) is 4.79 Å². The van der Waals surface area contributed by atoms with Crippen LogP contribution in [0.15, 0.2) is 34.2 Å². The minimum atomic E-state index is -0.552. The molecule has 1 amide bonds. The van der Waals surface area contributed by atoms with Gasteiger partial charge in [0.15, 0.2) is 0 Å². The topological polar surface area (TPSA) is 54.9 Å². The first kappa shape index (κ1) is 18.1. The number of nitrogens with one attached hydrogen (secondary N) is 1. The molecule has 0 saturated heterocycles. The number of hydrogen-bond acceptors (Lipinski definition) is 4. The normalized spacial score (nSPS) is 13.1. The van der Waals surface area contributed by atoms with E-state index in [1.807, 2.05) is 26.0 Å². The molecule has 6 heteroatoms. The fourth-order valence-electron chi connectivity index (χ4n) is 2.66. The summed E-state index contributed by atoms with van der Waals surface area (Å²) in [7, 11) is 0. The molecule has 2 aromatic rings. The van der Waals surface area contributed by atoms with Gasteiger partial charge < -0.3 is 5.32 Å². The van der Waals surface area contributed by atoms with Crippen molar-refractivity contribution < 1.29 is 4.79 Å². The maximum atomic E-state index is 12.8. The van der Waals surface area contributed by atoms with Gasteiger partial charge in [0.1, 0.15) is 5.51 Å². The molecule has 0 saturated carbocycles. The molecule has 1 heterocycles. The highest BCUT2D eigenvalue weighted by atomic mass is 79.9. The molecule has 0 aliphatic rings. The zero-order valence-corrected chi connectivity index (χ0v) is 16.2. The molecule has 0 spiro atoms. The van der Waals surface area contributed by atoms with Crippen LogP contribution in [0.1, 0.15) is 45.6 Å². The Kier molecular flexibility index (Phi) is 5.92. The van der Waals surface area contributed by atoms with Gasteiger partial charge in [-0.2, -0.15) is 0 Å². The summed E-state index contributed by atoms with van der Waals surface area (Å²) in [6.45, 7) is 8.37. The lowest BCUT2D eigenvalue weighted by Gasteiger charge is -2.34. The zero-order valence-electron chi connectivity index (χ0n) is 13.8. The second-order valence-corrected chi connectivity index (χ2v) is 8.40. The van der Waals surface area contributed by atoms with Gasteiger partial charge in [-0.3, -0.25) is 4.79 Å². The standard InChI is InChI=1S/C17H22BrN3OS/c1-11(2)9-14(12-5-7-13(18)8-6-12)17(3,4)15(22)20-16-21-19-10-23-16/h5-8,10-11,14H,9H2,1-4H3,(H,20,21,22). The summed E-state index contributed by atoms with van der Waals surface area (Å²) in [4.78, 5) is 12.8.